The van der Waals surface area contributed by atoms with E-state index in [1.54, 1.807) is 0 Å². The lowest BCUT2D eigenvalue weighted by Crippen LogP contribution is -2.32. The number of carbonyl (C=O) groups excluding carboxylic acids is 1. The molecule has 0 bridgehead atoms. The molecule has 4 rings (SSSR count). The van der Waals surface area contributed by atoms with Crippen LogP contribution in [0, 0.1) is 0 Å². The fourth-order valence-corrected chi connectivity index (χ4v) is 3.83. The third-order valence-corrected chi connectivity index (χ3v) is 5.50. The SMILES string of the molecule is NCCOCCOCCNC(=O)c1cc/c(=N/N=C2c3ccccc3-c3ccccc32)n(B(F)F)c1. The number of pyridine rings is 1. The van der Waals surface area contributed by atoms with Crippen molar-refractivity contribution >= 4 is 19.0 Å². The molecule has 2 aromatic carbocycles. The number of aromatic nitrogens is 1. The Kier molecular flexibility index (Phi) is 8.72. The number of nitrogens with zero attached hydrogens (tertiary/aromatic N) is 3. The Labute approximate surface area is 207 Å². The Bertz CT molecular complexity index is 1270. The first-order valence-electron chi connectivity index (χ1n) is 11.5. The van der Waals surface area contributed by atoms with Crippen LogP contribution in [0.3, 0.4) is 0 Å². The molecule has 186 valence electrons. The van der Waals surface area contributed by atoms with E-state index < -0.39 is 13.3 Å². The van der Waals surface area contributed by atoms with Crippen molar-refractivity contribution in [3.05, 3.63) is 89.0 Å². The molecule has 1 amide bonds. The van der Waals surface area contributed by atoms with Crippen molar-refractivity contribution < 1.29 is 22.9 Å². The van der Waals surface area contributed by atoms with Crippen molar-refractivity contribution in [3.63, 3.8) is 0 Å². The molecule has 36 heavy (non-hydrogen) atoms. The maximum Gasteiger partial charge on any atom is 0.678 e. The molecule has 11 heteroatoms. The molecule has 0 spiro atoms. The predicted octanol–water partition coefficient (Wildman–Crippen LogP) is 2.32. The summed E-state index contributed by atoms with van der Waals surface area (Å²) in [5.41, 5.74) is 9.74. The van der Waals surface area contributed by atoms with E-state index in [-0.39, 0.29) is 24.2 Å². The van der Waals surface area contributed by atoms with Crippen molar-refractivity contribution in [3.8, 4) is 11.1 Å². The number of carbonyl (C=O) groups is 1. The fourth-order valence-electron chi connectivity index (χ4n) is 3.83. The maximum absolute atomic E-state index is 13.8. The van der Waals surface area contributed by atoms with Crippen molar-refractivity contribution in [2.45, 2.75) is 0 Å². The summed E-state index contributed by atoms with van der Waals surface area (Å²) in [6.45, 7) is 2.17. The Morgan fingerprint density at radius 1 is 0.861 bits per heavy atom. The summed E-state index contributed by atoms with van der Waals surface area (Å²) in [5.74, 6) is -0.496. The number of nitrogens with two attached hydrogens (primary N) is 1. The summed E-state index contributed by atoms with van der Waals surface area (Å²) in [4.78, 5) is 12.4. The van der Waals surface area contributed by atoms with E-state index in [0.29, 0.717) is 36.6 Å². The first-order valence-corrected chi connectivity index (χ1v) is 11.5. The minimum Gasteiger partial charge on any atom is -0.378 e. The van der Waals surface area contributed by atoms with Crippen LogP contribution in [-0.2, 0) is 9.47 Å². The molecule has 0 saturated heterocycles. The van der Waals surface area contributed by atoms with Gasteiger partial charge in [0.1, 0.15) is 11.2 Å². The average molecular weight is 493 g/mol. The van der Waals surface area contributed by atoms with Crippen molar-refractivity contribution in [2.24, 2.45) is 15.9 Å². The van der Waals surface area contributed by atoms with Gasteiger partial charge >= 0.3 is 7.40 Å². The molecule has 3 N–H and O–H groups in total. The fraction of sp³-hybridized carbons (Fsp3) is 0.240. The maximum atomic E-state index is 13.8. The highest BCUT2D eigenvalue weighted by atomic mass is 19.2. The molecule has 1 aromatic heterocycles. The zero-order valence-electron chi connectivity index (χ0n) is 19.6. The number of ether oxygens (including phenoxy) is 2. The van der Waals surface area contributed by atoms with Gasteiger partial charge in [0.05, 0.1) is 32.0 Å². The average Bonchev–Trinajstić information content (AvgIpc) is 3.22. The van der Waals surface area contributed by atoms with Crippen LogP contribution in [0.15, 0.2) is 77.1 Å². The molecule has 3 aromatic rings. The van der Waals surface area contributed by atoms with Gasteiger partial charge in [0.25, 0.3) is 5.91 Å². The lowest BCUT2D eigenvalue weighted by Gasteiger charge is -2.09. The third-order valence-electron chi connectivity index (χ3n) is 5.50. The van der Waals surface area contributed by atoms with E-state index in [1.165, 1.54) is 12.1 Å². The molecular formula is C25H26BF2N5O3. The molecule has 1 heterocycles. The molecule has 0 radical (unpaired) electrons. The minimum atomic E-state index is -2.91. The lowest BCUT2D eigenvalue weighted by atomic mass is 10.1. The van der Waals surface area contributed by atoms with Gasteiger partial charge in [-0.25, -0.2) is 0 Å². The number of rotatable bonds is 11. The van der Waals surface area contributed by atoms with E-state index in [1.807, 2.05) is 48.5 Å². The van der Waals surface area contributed by atoms with Crippen LogP contribution in [0.25, 0.3) is 11.1 Å². The second-order valence-corrected chi connectivity index (χ2v) is 7.87. The molecule has 0 unspecified atom stereocenters. The largest absolute Gasteiger partial charge is 0.678 e. The highest BCUT2D eigenvalue weighted by Gasteiger charge is 2.24. The van der Waals surface area contributed by atoms with E-state index in [2.05, 4.69) is 15.5 Å². The van der Waals surface area contributed by atoms with Gasteiger partial charge in [-0.05, 0) is 23.3 Å². The highest BCUT2D eigenvalue weighted by molar-refractivity contribution is 6.40. The van der Waals surface area contributed by atoms with Crippen LogP contribution in [0.2, 0.25) is 0 Å². The molecule has 1 aliphatic rings. The normalized spacial score (nSPS) is 12.3. The van der Waals surface area contributed by atoms with Crippen LogP contribution in [-0.4, -0.2) is 63.0 Å². The highest BCUT2D eigenvalue weighted by Crippen LogP contribution is 2.36. The monoisotopic (exact) mass is 493 g/mol. The number of hydrogen-bond donors (Lipinski definition) is 2. The molecule has 0 atom stereocenters. The molecular weight excluding hydrogens is 467 g/mol. The molecule has 0 saturated carbocycles. The second kappa shape index (κ2) is 12.3. The van der Waals surface area contributed by atoms with Gasteiger partial charge in [0.15, 0.2) is 0 Å². The van der Waals surface area contributed by atoms with Crippen molar-refractivity contribution in [2.75, 3.05) is 39.5 Å². The zero-order chi connectivity index (χ0) is 25.3. The third kappa shape index (κ3) is 5.93. The lowest BCUT2D eigenvalue weighted by molar-refractivity contribution is 0.0511. The summed E-state index contributed by atoms with van der Waals surface area (Å²) < 4.78 is 38.8. The predicted molar refractivity (Wildman–Crippen MR) is 134 cm³/mol. The number of fused-ring (bicyclic) bond motifs is 3. The van der Waals surface area contributed by atoms with E-state index in [9.17, 15) is 13.4 Å². The van der Waals surface area contributed by atoms with E-state index in [0.717, 1.165) is 28.5 Å². The van der Waals surface area contributed by atoms with Crippen LogP contribution in [0.1, 0.15) is 21.5 Å². The smallest absolute Gasteiger partial charge is 0.378 e. The molecule has 0 aliphatic heterocycles. The van der Waals surface area contributed by atoms with Gasteiger partial charge in [-0.3, -0.25) is 13.4 Å². The van der Waals surface area contributed by atoms with Gasteiger partial charge < -0.3 is 25.0 Å². The Balaban J connectivity index is 1.49. The van der Waals surface area contributed by atoms with E-state index in [4.69, 9.17) is 15.2 Å². The summed E-state index contributed by atoms with van der Waals surface area (Å²) in [7, 11) is -2.91. The number of nitrogens with one attached hydrogen (secondary N) is 1. The first-order chi connectivity index (χ1) is 17.6. The number of halogens is 2. The van der Waals surface area contributed by atoms with Gasteiger partial charge in [0.2, 0.25) is 0 Å². The molecule has 8 nitrogen and oxygen atoms in total. The zero-order valence-corrected chi connectivity index (χ0v) is 19.6. The topological polar surface area (TPSA) is 103 Å². The van der Waals surface area contributed by atoms with Crippen LogP contribution < -0.4 is 16.5 Å². The van der Waals surface area contributed by atoms with Crippen molar-refractivity contribution in [1.82, 2.24) is 9.79 Å². The summed E-state index contributed by atoms with van der Waals surface area (Å²) in [5, 5.41) is 11.1. The molecule has 1 aliphatic carbocycles. The van der Waals surface area contributed by atoms with Gasteiger partial charge in [-0.15, -0.1) is 10.2 Å². The van der Waals surface area contributed by atoms with Crippen LogP contribution in [0.4, 0.5) is 8.63 Å². The Morgan fingerprint density at radius 2 is 1.47 bits per heavy atom. The van der Waals surface area contributed by atoms with Crippen LogP contribution in [0.5, 0.6) is 0 Å². The number of amides is 1. The van der Waals surface area contributed by atoms with Crippen molar-refractivity contribution in [1.29, 1.82) is 0 Å². The first kappa shape index (κ1) is 25.4. The standard InChI is InChI=1S/C25H26BF2N5O3/c27-26(28)33-17-18(25(34)30-12-14-36-16-15-35-13-11-29)9-10-23(33)31-32-24-21-7-3-1-5-19(21)20-6-2-4-8-22(20)24/h1-10,17H,11-16,29H2,(H,30,34)/b31-23-. The van der Waals surface area contributed by atoms with Gasteiger partial charge in [0, 0.05) is 30.4 Å². The number of hydrogen-bond acceptors (Lipinski definition) is 6. The minimum absolute atomic E-state index is 0.0725. The summed E-state index contributed by atoms with van der Waals surface area (Å²) >= 11 is 0. The Hall–Kier alpha value is -3.67. The van der Waals surface area contributed by atoms with Crippen LogP contribution >= 0.6 is 0 Å². The quantitative estimate of drug-likeness (QED) is 0.190. The van der Waals surface area contributed by atoms with Gasteiger partial charge in [-0.2, -0.15) is 0 Å². The van der Waals surface area contributed by atoms with E-state index >= 15 is 0 Å². The van der Waals surface area contributed by atoms with Gasteiger partial charge in [-0.1, -0.05) is 48.5 Å². The molecule has 0 fully saturated rings. The summed E-state index contributed by atoms with van der Waals surface area (Å²) in [6, 6.07) is 18.3. The second-order valence-electron chi connectivity index (χ2n) is 7.87. The number of benzene rings is 2. The Morgan fingerprint density at radius 3 is 2.08 bits per heavy atom. The summed E-state index contributed by atoms with van der Waals surface area (Å²) in [6.07, 6.45) is 1.07.